The first-order valence-corrected chi connectivity index (χ1v) is 9.30. The Morgan fingerprint density at radius 1 is 1.33 bits per heavy atom. The smallest absolute Gasteiger partial charge is 0.220 e. The Bertz CT molecular complexity index is 536. The predicted octanol–water partition coefficient (Wildman–Crippen LogP) is 1.51. The zero-order chi connectivity index (χ0) is 16.8. The molecule has 0 aliphatic carbocycles. The molecule has 0 spiro atoms. The topological polar surface area (TPSA) is 70.2 Å². The summed E-state index contributed by atoms with van der Waals surface area (Å²) in [5.41, 5.74) is 1.08. The first-order chi connectivity index (χ1) is 11.7. The van der Waals surface area contributed by atoms with Crippen molar-refractivity contribution in [2.24, 2.45) is 5.92 Å². The van der Waals surface area contributed by atoms with Crippen LogP contribution in [0.5, 0.6) is 0 Å². The van der Waals surface area contributed by atoms with Crippen LogP contribution in [0, 0.1) is 5.92 Å². The second-order valence-corrected chi connectivity index (χ2v) is 6.95. The highest BCUT2D eigenvalue weighted by Crippen LogP contribution is 2.19. The minimum absolute atomic E-state index is 0.218. The molecule has 3 rings (SSSR count). The van der Waals surface area contributed by atoms with E-state index >= 15 is 0 Å². The molecule has 2 fully saturated rings. The molecule has 1 amide bonds. The van der Waals surface area contributed by atoms with Crippen LogP contribution in [-0.2, 0) is 11.2 Å². The molecule has 2 aliphatic rings. The molecule has 132 valence electrons. The van der Waals surface area contributed by atoms with Gasteiger partial charge in [0.1, 0.15) is 12.1 Å². The van der Waals surface area contributed by atoms with E-state index in [0.29, 0.717) is 18.4 Å². The lowest BCUT2D eigenvalue weighted by Gasteiger charge is -2.33. The van der Waals surface area contributed by atoms with Crippen LogP contribution in [0.2, 0.25) is 0 Å². The summed E-state index contributed by atoms with van der Waals surface area (Å²) in [5, 5.41) is 6.58. The summed E-state index contributed by atoms with van der Waals surface area (Å²) in [4.78, 5) is 23.1. The zero-order valence-electron chi connectivity index (χ0n) is 14.6. The number of hydrogen-bond acceptors (Lipinski definition) is 5. The van der Waals surface area contributed by atoms with E-state index in [1.54, 1.807) is 6.33 Å². The van der Waals surface area contributed by atoms with Crippen LogP contribution in [0.25, 0.3) is 0 Å². The number of nitrogens with zero attached hydrogens (tertiary/aromatic N) is 3. The summed E-state index contributed by atoms with van der Waals surface area (Å²) in [6.07, 6.45) is 7.45. The van der Waals surface area contributed by atoms with E-state index in [9.17, 15) is 4.79 Å². The van der Waals surface area contributed by atoms with Crippen molar-refractivity contribution in [2.75, 3.05) is 31.1 Å². The lowest BCUT2D eigenvalue weighted by atomic mass is 10.0. The average molecular weight is 331 g/mol. The standard InChI is InChI=1S/C18H29N5O/c1-2-15-11-17(21-13-20-15)23-9-6-16(7-10-23)22-18(24)4-3-14-5-8-19-12-14/h11,13-14,16,19H,2-10,12H2,1H3,(H,22,24). The molecule has 1 aromatic rings. The molecule has 1 atom stereocenters. The summed E-state index contributed by atoms with van der Waals surface area (Å²) >= 11 is 0. The fraction of sp³-hybridized carbons (Fsp3) is 0.722. The Labute approximate surface area is 144 Å². The number of nitrogens with one attached hydrogen (secondary N) is 2. The summed E-state index contributed by atoms with van der Waals surface area (Å²) in [7, 11) is 0. The first-order valence-electron chi connectivity index (χ1n) is 9.30. The van der Waals surface area contributed by atoms with E-state index in [0.717, 1.165) is 63.4 Å². The van der Waals surface area contributed by atoms with Crippen molar-refractivity contribution >= 4 is 11.7 Å². The third-order valence-corrected chi connectivity index (χ3v) is 5.20. The summed E-state index contributed by atoms with van der Waals surface area (Å²) in [6.45, 7) is 6.17. The van der Waals surface area contributed by atoms with E-state index in [2.05, 4.69) is 38.5 Å². The van der Waals surface area contributed by atoms with Crippen LogP contribution < -0.4 is 15.5 Å². The number of carbonyl (C=O) groups is 1. The van der Waals surface area contributed by atoms with Crippen molar-refractivity contribution in [3.05, 3.63) is 18.1 Å². The zero-order valence-corrected chi connectivity index (χ0v) is 14.6. The van der Waals surface area contributed by atoms with Gasteiger partial charge in [0, 0.05) is 37.3 Å². The number of rotatable bonds is 6. The second kappa shape index (κ2) is 8.42. The Hall–Kier alpha value is -1.69. The number of amides is 1. The highest BCUT2D eigenvalue weighted by atomic mass is 16.1. The van der Waals surface area contributed by atoms with Gasteiger partial charge in [-0.15, -0.1) is 0 Å². The average Bonchev–Trinajstić information content (AvgIpc) is 3.14. The van der Waals surface area contributed by atoms with Crippen molar-refractivity contribution < 1.29 is 4.79 Å². The second-order valence-electron chi connectivity index (χ2n) is 6.95. The first kappa shape index (κ1) is 17.1. The van der Waals surface area contributed by atoms with Gasteiger partial charge in [-0.05, 0) is 51.1 Å². The molecule has 2 aliphatic heterocycles. The van der Waals surface area contributed by atoms with Gasteiger partial charge >= 0.3 is 0 Å². The van der Waals surface area contributed by atoms with Gasteiger partial charge in [-0.25, -0.2) is 9.97 Å². The van der Waals surface area contributed by atoms with Gasteiger partial charge in [0.15, 0.2) is 0 Å². The Balaban J connectivity index is 1.40. The summed E-state index contributed by atoms with van der Waals surface area (Å²) in [5.74, 6) is 1.92. The molecule has 0 bridgehead atoms. The van der Waals surface area contributed by atoms with Gasteiger partial charge in [0.05, 0.1) is 0 Å². The maximum atomic E-state index is 12.1. The van der Waals surface area contributed by atoms with Gasteiger partial charge in [-0.1, -0.05) is 6.92 Å². The summed E-state index contributed by atoms with van der Waals surface area (Å²) in [6, 6.07) is 2.39. The van der Waals surface area contributed by atoms with Crippen LogP contribution in [0.15, 0.2) is 12.4 Å². The van der Waals surface area contributed by atoms with Crippen molar-refractivity contribution in [3.63, 3.8) is 0 Å². The van der Waals surface area contributed by atoms with Crippen molar-refractivity contribution in [1.29, 1.82) is 0 Å². The molecular weight excluding hydrogens is 302 g/mol. The highest BCUT2D eigenvalue weighted by Gasteiger charge is 2.22. The Morgan fingerprint density at radius 2 is 2.17 bits per heavy atom. The van der Waals surface area contributed by atoms with Crippen molar-refractivity contribution in [2.45, 2.75) is 51.5 Å². The maximum absolute atomic E-state index is 12.1. The SMILES string of the molecule is CCc1cc(N2CCC(NC(=O)CCC3CCNC3)CC2)ncn1. The van der Waals surface area contributed by atoms with Crippen molar-refractivity contribution in [1.82, 2.24) is 20.6 Å². The number of piperidine rings is 1. The van der Waals surface area contributed by atoms with Gasteiger partial charge in [-0.2, -0.15) is 0 Å². The van der Waals surface area contributed by atoms with Gasteiger partial charge < -0.3 is 15.5 Å². The Kier molecular flexibility index (Phi) is 6.01. The molecule has 3 heterocycles. The minimum atomic E-state index is 0.218. The van der Waals surface area contributed by atoms with Crippen LogP contribution >= 0.6 is 0 Å². The minimum Gasteiger partial charge on any atom is -0.356 e. The molecule has 1 aromatic heterocycles. The lowest BCUT2D eigenvalue weighted by molar-refractivity contribution is -0.122. The van der Waals surface area contributed by atoms with Crippen LogP contribution in [0.4, 0.5) is 5.82 Å². The molecule has 0 radical (unpaired) electrons. The molecule has 0 aromatic carbocycles. The normalized spacial score (nSPS) is 21.9. The van der Waals surface area contributed by atoms with Crippen LogP contribution in [-0.4, -0.2) is 48.1 Å². The predicted molar refractivity (Wildman–Crippen MR) is 95.0 cm³/mol. The van der Waals surface area contributed by atoms with Crippen molar-refractivity contribution in [3.8, 4) is 0 Å². The third kappa shape index (κ3) is 4.66. The van der Waals surface area contributed by atoms with Gasteiger partial charge in [-0.3, -0.25) is 4.79 Å². The lowest BCUT2D eigenvalue weighted by Crippen LogP contribution is -2.45. The molecule has 1 unspecified atom stereocenters. The van der Waals surface area contributed by atoms with E-state index in [1.165, 1.54) is 6.42 Å². The number of carbonyl (C=O) groups excluding carboxylic acids is 1. The number of hydrogen-bond donors (Lipinski definition) is 2. The monoisotopic (exact) mass is 331 g/mol. The molecule has 6 nitrogen and oxygen atoms in total. The maximum Gasteiger partial charge on any atom is 0.220 e. The largest absolute Gasteiger partial charge is 0.356 e. The molecule has 2 saturated heterocycles. The van der Waals surface area contributed by atoms with E-state index in [-0.39, 0.29) is 5.91 Å². The fourth-order valence-electron chi connectivity index (χ4n) is 3.60. The van der Waals surface area contributed by atoms with E-state index in [1.807, 2.05) is 0 Å². The van der Waals surface area contributed by atoms with E-state index < -0.39 is 0 Å². The molecule has 2 N–H and O–H groups in total. The molecule has 24 heavy (non-hydrogen) atoms. The highest BCUT2D eigenvalue weighted by molar-refractivity contribution is 5.76. The number of anilines is 1. The third-order valence-electron chi connectivity index (χ3n) is 5.20. The quantitative estimate of drug-likeness (QED) is 0.827. The number of aryl methyl sites for hydroxylation is 1. The molecule has 6 heteroatoms. The molecule has 0 saturated carbocycles. The number of aromatic nitrogens is 2. The van der Waals surface area contributed by atoms with Crippen LogP contribution in [0.1, 0.15) is 44.7 Å². The van der Waals surface area contributed by atoms with E-state index in [4.69, 9.17) is 0 Å². The van der Waals surface area contributed by atoms with Gasteiger partial charge in [0.25, 0.3) is 0 Å². The Morgan fingerprint density at radius 3 is 2.88 bits per heavy atom. The van der Waals surface area contributed by atoms with Gasteiger partial charge in [0.2, 0.25) is 5.91 Å². The molecular formula is C18H29N5O. The fourth-order valence-corrected chi connectivity index (χ4v) is 3.60. The van der Waals surface area contributed by atoms with Crippen LogP contribution in [0.3, 0.4) is 0 Å². The summed E-state index contributed by atoms with van der Waals surface area (Å²) < 4.78 is 0.